The molecule has 1 amide bonds. The summed E-state index contributed by atoms with van der Waals surface area (Å²) >= 11 is 12.8. The number of benzene rings is 1. The molecule has 5 rings (SSSR count). The highest BCUT2D eigenvalue weighted by molar-refractivity contribution is 6.41. The van der Waals surface area contributed by atoms with Gasteiger partial charge in [-0.05, 0) is 48.8 Å². The zero-order valence-corrected chi connectivity index (χ0v) is 22.2. The maximum absolute atomic E-state index is 13.7. The van der Waals surface area contributed by atoms with Crippen LogP contribution in [0.5, 0.6) is 0 Å². The predicted octanol–water partition coefficient (Wildman–Crippen LogP) is 5.57. The fourth-order valence-corrected chi connectivity index (χ4v) is 5.93. The molecule has 2 aromatic heterocycles. The Morgan fingerprint density at radius 3 is 2.44 bits per heavy atom. The minimum absolute atomic E-state index is 0.106. The van der Waals surface area contributed by atoms with Crippen LogP contribution in [0.3, 0.4) is 0 Å². The number of nitrogens with zero attached hydrogens (tertiary/aromatic N) is 5. The normalized spacial score (nSPS) is 20.7. The van der Waals surface area contributed by atoms with E-state index in [1.807, 2.05) is 56.9 Å². The number of rotatable bonds is 3. The van der Waals surface area contributed by atoms with Gasteiger partial charge < -0.3 is 14.9 Å². The van der Waals surface area contributed by atoms with Crippen LogP contribution in [-0.4, -0.2) is 55.8 Å². The van der Waals surface area contributed by atoms with Crippen molar-refractivity contribution in [2.24, 2.45) is 5.41 Å². The Bertz CT molecular complexity index is 1410. The Hall–Kier alpha value is -2.84. The van der Waals surface area contributed by atoms with Gasteiger partial charge in [-0.15, -0.1) is 0 Å². The lowest BCUT2D eigenvalue weighted by Gasteiger charge is -2.51. The summed E-state index contributed by atoms with van der Waals surface area (Å²) in [5, 5.41) is 10.8. The third-order valence-electron chi connectivity index (χ3n) is 7.22. The number of fused-ring (bicyclic) bond motifs is 1. The fraction of sp³-hybridized carbons (Fsp3) is 0.462. The molecule has 3 heterocycles. The minimum Gasteiger partial charge on any atom is -0.465 e. The molecule has 1 saturated heterocycles. The molecule has 2 unspecified atom stereocenters. The molecule has 10 heteroatoms. The maximum atomic E-state index is 13.7. The van der Waals surface area contributed by atoms with E-state index in [2.05, 4.69) is 9.97 Å². The van der Waals surface area contributed by atoms with Crippen molar-refractivity contribution in [1.29, 1.82) is 0 Å². The van der Waals surface area contributed by atoms with Crippen LogP contribution in [0.25, 0.3) is 16.7 Å². The summed E-state index contributed by atoms with van der Waals surface area (Å²) in [5.41, 5.74) is 1.41. The molecule has 190 valence electrons. The van der Waals surface area contributed by atoms with Gasteiger partial charge in [0.05, 0.1) is 22.1 Å². The predicted molar refractivity (Wildman–Crippen MR) is 142 cm³/mol. The number of anilines is 1. The summed E-state index contributed by atoms with van der Waals surface area (Å²) in [6, 6.07) is 8.93. The first-order chi connectivity index (χ1) is 17.0. The van der Waals surface area contributed by atoms with E-state index in [1.165, 1.54) is 9.47 Å². The number of pyridine rings is 1. The van der Waals surface area contributed by atoms with Crippen molar-refractivity contribution < 1.29 is 9.90 Å². The number of hydrogen-bond acceptors (Lipinski definition) is 5. The average molecular weight is 530 g/mol. The minimum atomic E-state index is -0.956. The van der Waals surface area contributed by atoms with Gasteiger partial charge >= 0.3 is 11.8 Å². The number of para-hydroxylation sites is 1. The van der Waals surface area contributed by atoms with Crippen LogP contribution in [0.4, 0.5) is 10.6 Å². The molecule has 1 saturated carbocycles. The van der Waals surface area contributed by atoms with E-state index >= 15 is 0 Å². The highest BCUT2D eigenvalue weighted by Crippen LogP contribution is 2.43. The summed E-state index contributed by atoms with van der Waals surface area (Å²) in [5.74, 6) is 0.843. The van der Waals surface area contributed by atoms with Crippen molar-refractivity contribution in [1.82, 2.24) is 19.4 Å². The molecule has 2 atom stereocenters. The molecule has 1 aromatic carbocycles. The van der Waals surface area contributed by atoms with E-state index in [1.54, 1.807) is 6.07 Å². The lowest BCUT2D eigenvalue weighted by atomic mass is 9.80. The van der Waals surface area contributed by atoms with E-state index in [0.29, 0.717) is 29.3 Å². The van der Waals surface area contributed by atoms with Crippen LogP contribution >= 0.6 is 23.2 Å². The Kier molecular flexibility index (Phi) is 6.16. The molecule has 36 heavy (non-hydrogen) atoms. The molecular weight excluding hydrogens is 501 g/mol. The molecule has 0 spiro atoms. The molecule has 0 bridgehead atoms. The summed E-state index contributed by atoms with van der Waals surface area (Å²) < 4.78 is 1.52. The van der Waals surface area contributed by atoms with Crippen LogP contribution in [0.15, 0.2) is 35.1 Å². The average Bonchev–Trinajstić information content (AvgIpc) is 3.64. The third kappa shape index (κ3) is 4.20. The number of carbonyl (C=O) groups is 1. The van der Waals surface area contributed by atoms with Crippen LogP contribution in [0.1, 0.15) is 52.0 Å². The van der Waals surface area contributed by atoms with Gasteiger partial charge in [-0.1, -0.05) is 62.2 Å². The van der Waals surface area contributed by atoms with Gasteiger partial charge in [0, 0.05) is 19.1 Å². The first-order valence-electron chi connectivity index (χ1n) is 12.1. The van der Waals surface area contributed by atoms with Crippen LogP contribution in [-0.2, 0) is 0 Å². The topological polar surface area (TPSA) is 91.6 Å². The van der Waals surface area contributed by atoms with Crippen molar-refractivity contribution >= 4 is 46.1 Å². The molecule has 2 aliphatic rings. The molecule has 1 N–H and O–H groups in total. The van der Waals surface area contributed by atoms with Gasteiger partial charge in [-0.3, -0.25) is 0 Å². The van der Waals surface area contributed by atoms with Gasteiger partial charge in [0.25, 0.3) is 0 Å². The first-order valence-corrected chi connectivity index (χ1v) is 12.9. The summed E-state index contributed by atoms with van der Waals surface area (Å²) in [6.45, 7) is 8.69. The van der Waals surface area contributed by atoms with Crippen molar-refractivity contribution in [3.05, 3.63) is 56.6 Å². The van der Waals surface area contributed by atoms with E-state index in [0.717, 1.165) is 24.1 Å². The van der Waals surface area contributed by atoms with Gasteiger partial charge in [-0.2, -0.15) is 4.98 Å². The van der Waals surface area contributed by atoms with E-state index < -0.39 is 11.8 Å². The summed E-state index contributed by atoms with van der Waals surface area (Å²) in [6.07, 6.45) is 1.20. The van der Waals surface area contributed by atoms with Gasteiger partial charge in [0.1, 0.15) is 11.0 Å². The SMILES string of the molecule is CC1C(C(C)(C)C)N(C(=O)O)CCN1c1nc(=O)n(-c2ccccc2C2CC2)c2nc(Cl)c(Cl)cc12. The van der Waals surface area contributed by atoms with Crippen molar-refractivity contribution in [3.8, 4) is 5.69 Å². The maximum Gasteiger partial charge on any atom is 0.407 e. The van der Waals surface area contributed by atoms with Crippen molar-refractivity contribution in [2.75, 3.05) is 18.0 Å². The first kappa shape index (κ1) is 24.8. The Balaban J connectivity index is 1.73. The van der Waals surface area contributed by atoms with E-state index in [-0.39, 0.29) is 34.2 Å². The van der Waals surface area contributed by atoms with Crippen LogP contribution in [0.2, 0.25) is 10.2 Å². The highest BCUT2D eigenvalue weighted by atomic mass is 35.5. The number of halogens is 2. The molecule has 2 fully saturated rings. The number of hydrogen-bond donors (Lipinski definition) is 1. The number of aromatic nitrogens is 3. The van der Waals surface area contributed by atoms with E-state index in [9.17, 15) is 14.7 Å². The Morgan fingerprint density at radius 2 is 1.81 bits per heavy atom. The van der Waals surface area contributed by atoms with Crippen LogP contribution in [0, 0.1) is 5.41 Å². The lowest BCUT2D eigenvalue weighted by molar-refractivity contribution is 0.0562. The second-order valence-corrected chi connectivity index (χ2v) is 11.5. The number of amides is 1. The summed E-state index contributed by atoms with van der Waals surface area (Å²) in [4.78, 5) is 38.3. The molecule has 3 aromatic rings. The smallest absolute Gasteiger partial charge is 0.407 e. The zero-order valence-electron chi connectivity index (χ0n) is 20.7. The second-order valence-electron chi connectivity index (χ2n) is 10.7. The Morgan fingerprint density at radius 1 is 1.11 bits per heavy atom. The van der Waals surface area contributed by atoms with Gasteiger partial charge in [0.15, 0.2) is 5.65 Å². The van der Waals surface area contributed by atoms with Gasteiger partial charge in [0.2, 0.25) is 0 Å². The number of piperazine rings is 1. The van der Waals surface area contributed by atoms with Crippen LogP contribution < -0.4 is 10.6 Å². The molecular formula is C26H29Cl2N5O3. The van der Waals surface area contributed by atoms with Crippen molar-refractivity contribution in [3.63, 3.8) is 0 Å². The van der Waals surface area contributed by atoms with Gasteiger partial charge in [-0.25, -0.2) is 19.1 Å². The Labute approximate surface area is 219 Å². The largest absolute Gasteiger partial charge is 0.465 e. The monoisotopic (exact) mass is 529 g/mol. The highest BCUT2D eigenvalue weighted by Gasteiger charge is 2.44. The van der Waals surface area contributed by atoms with Crippen molar-refractivity contribution in [2.45, 2.75) is 58.5 Å². The molecule has 1 aliphatic heterocycles. The lowest BCUT2D eigenvalue weighted by Crippen LogP contribution is -2.64. The zero-order chi connectivity index (χ0) is 25.9. The standard InChI is InChI=1S/C26H29Cl2N5O3/c1-14-20(26(2,3)4)32(25(35)36)12-11-31(14)22-17-13-18(27)21(28)29-23(17)33(24(34)30-22)19-8-6-5-7-16(19)15-9-10-15/h5-8,13-15,20H,9-12H2,1-4H3,(H,35,36). The number of carboxylic acid groups (broad SMARTS) is 1. The molecule has 1 aliphatic carbocycles. The molecule has 8 nitrogen and oxygen atoms in total. The second kappa shape index (κ2) is 8.92. The molecule has 0 radical (unpaired) electrons. The fourth-order valence-electron chi connectivity index (χ4n) is 5.64. The van der Waals surface area contributed by atoms with E-state index in [4.69, 9.17) is 23.2 Å². The quantitative estimate of drug-likeness (QED) is 0.446. The summed E-state index contributed by atoms with van der Waals surface area (Å²) in [7, 11) is 0. The third-order valence-corrected chi connectivity index (χ3v) is 7.90.